The Morgan fingerprint density at radius 3 is 1.67 bits per heavy atom. The van der Waals surface area contributed by atoms with E-state index < -0.39 is 54.6 Å². The lowest BCUT2D eigenvalue weighted by atomic mass is 9.95. The number of rotatable bonds is 8. The van der Waals surface area contributed by atoms with Gasteiger partial charge < -0.3 is 29.9 Å². The summed E-state index contributed by atoms with van der Waals surface area (Å²) in [4.78, 5) is 54.2. The quantitative estimate of drug-likeness (QED) is 0.419. The number of hydrogen-bond acceptors (Lipinski definition) is 7. The average molecular weight is 308 g/mol. The summed E-state index contributed by atoms with van der Waals surface area (Å²) in [6.45, 7) is 0.907. The van der Waals surface area contributed by atoms with Crippen molar-refractivity contribution in [3.8, 4) is 0 Å². The normalized spacial score (nSPS) is 12.0. The molecule has 0 saturated heterocycles. The molecule has 0 aliphatic heterocycles. The van der Waals surface area contributed by atoms with Gasteiger partial charge in [-0.3, -0.25) is 9.59 Å². The van der Waals surface area contributed by atoms with Crippen LogP contribution in [-0.4, -0.2) is 62.2 Å². The molecule has 11 nitrogen and oxygen atoms in total. The number of carbonyl (C=O) groups excluding carboxylic acids is 1. The highest BCUT2D eigenvalue weighted by Gasteiger charge is 2.48. The third kappa shape index (κ3) is 5.76. The molecule has 0 bridgehead atoms. The number of ether oxygens (including phenoxy) is 2. The molecule has 0 aromatic carbocycles. The van der Waals surface area contributed by atoms with Gasteiger partial charge in [0.2, 0.25) is 5.60 Å². The van der Waals surface area contributed by atoms with Crippen LogP contribution in [-0.2, 0) is 28.7 Å². The zero-order valence-corrected chi connectivity index (χ0v) is 10.6. The van der Waals surface area contributed by atoms with Crippen LogP contribution in [0.25, 0.3) is 0 Å². The summed E-state index contributed by atoms with van der Waals surface area (Å²) in [5.41, 5.74) is -2.87. The molecular weight excluding hydrogens is 296 g/mol. The van der Waals surface area contributed by atoms with E-state index in [1.54, 1.807) is 0 Å². The fourth-order valence-electron chi connectivity index (χ4n) is 1.29. The average Bonchev–Trinajstić information content (AvgIpc) is 2.25. The molecule has 1 atom stereocenters. The Morgan fingerprint density at radius 1 is 0.952 bits per heavy atom. The highest BCUT2D eigenvalue weighted by Crippen LogP contribution is 2.23. The van der Waals surface area contributed by atoms with Gasteiger partial charge in [0.05, 0.1) is 12.8 Å². The van der Waals surface area contributed by atoms with Crippen LogP contribution in [0.4, 0.5) is 4.79 Å². The van der Waals surface area contributed by atoms with Crippen LogP contribution < -0.4 is 0 Å². The van der Waals surface area contributed by atoms with Gasteiger partial charge in [-0.05, 0) is 6.92 Å². The van der Waals surface area contributed by atoms with Crippen molar-refractivity contribution in [1.29, 1.82) is 0 Å². The molecule has 0 spiro atoms. The highest BCUT2D eigenvalue weighted by atomic mass is 16.7. The van der Waals surface area contributed by atoms with E-state index in [4.69, 9.17) is 20.4 Å². The third-order valence-corrected chi connectivity index (χ3v) is 2.17. The number of carboxylic acids is 3. The molecule has 0 saturated carbocycles. The van der Waals surface area contributed by atoms with Crippen molar-refractivity contribution in [3.05, 3.63) is 0 Å². The molecule has 1 unspecified atom stereocenters. The Labute approximate surface area is 116 Å². The van der Waals surface area contributed by atoms with Crippen LogP contribution in [0.2, 0.25) is 0 Å². The van der Waals surface area contributed by atoms with Crippen molar-refractivity contribution in [2.75, 3.05) is 0 Å². The third-order valence-electron chi connectivity index (χ3n) is 2.17. The van der Waals surface area contributed by atoms with Gasteiger partial charge in [0.1, 0.15) is 0 Å². The molecule has 4 N–H and O–H groups in total. The molecule has 11 heteroatoms. The van der Waals surface area contributed by atoms with Crippen LogP contribution in [0, 0.1) is 0 Å². The minimum absolute atomic E-state index is 0.907. The van der Waals surface area contributed by atoms with Crippen molar-refractivity contribution < 1.29 is 53.9 Å². The van der Waals surface area contributed by atoms with Crippen LogP contribution in [0.1, 0.15) is 19.8 Å². The fraction of sp³-hybridized carbons (Fsp3) is 0.500. The van der Waals surface area contributed by atoms with Crippen LogP contribution in [0.3, 0.4) is 0 Å². The fourth-order valence-corrected chi connectivity index (χ4v) is 1.29. The van der Waals surface area contributed by atoms with Gasteiger partial charge in [0.25, 0.3) is 0 Å². The van der Waals surface area contributed by atoms with Gasteiger partial charge in [0.15, 0.2) is 6.10 Å². The van der Waals surface area contributed by atoms with Crippen molar-refractivity contribution in [2.24, 2.45) is 0 Å². The Bertz CT molecular complexity index is 450. The smallest absolute Gasteiger partial charge is 0.481 e. The topological polar surface area (TPSA) is 185 Å². The molecule has 0 aromatic rings. The maximum atomic E-state index is 11.5. The molecule has 0 radical (unpaired) electrons. The van der Waals surface area contributed by atoms with Gasteiger partial charge in [-0.25, -0.2) is 14.4 Å². The Hall–Kier alpha value is -2.85. The number of hydrogen-bond donors (Lipinski definition) is 4. The molecular formula is C10H12O11. The van der Waals surface area contributed by atoms with Gasteiger partial charge in [-0.1, -0.05) is 0 Å². The van der Waals surface area contributed by atoms with Crippen LogP contribution in [0.15, 0.2) is 0 Å². The number of carbonyl (C=O) groups is 5. The molecule has 0 aromatic heterocycles. The van der Waals surface area contributed by atoms with Crippen molar-refractivity contribution >= 4 is 30.0 Å². The number of aliphatic carboxylic acids is 3. The number of esters is 1. The Balaban J connectivity index is 5.33. The first-order chi connectivity index (χ1) is 9.50. The van der Waals surface area contributed by atoms with Gasteiger partial charge in [-0.2, -0.15) is 0 Å². The molecule has 0 amide bonds. The lowest BCUT2D eigenvalue weighted by Gasteiger charge is -2.27. The zero-order valence-electron chi connectivity index (χ0n) is 10.6. The van der Waals surface area contributed by atoms with Crippen molar-refractivity contribution in [2.45, 2.75) is 31.5 Å². The Kier molecular flexibility index (Phi) is 6.11. The summed E-state index contributed by atoms with van der Waals surface area (Å²) < 4.78 is 8.40. The molecule has 0 rings (SSSR count). The monoisotopic (exact) mass is 308 g/mol. The summed E-state index contributed by atoms with van der Waals surface area (Å²) in [6.07, 6.45) is -6.25. The summed E-state index contributed by atoms with van der Waals surface area (Å²) >= 11 is 0. The van der Waals surface area contributed by atoms with Crippen LogP contribution >= 0.6 is 0 Å². The first-order valence-corrected chi connectivity index (χ1v) is 5.29. The second kappa shape index (κ2) is 7.07. The lowest BCUT2D eigenvalue weighted by molar-refractivity contribution is -0.190. The van der Waals surface area contributed by atoms with E-state index in [-0.39, 0.29) is 0 Å². The maximum Gasteiger partial charge on any atom is 0.506 e. The first kappa shape index (κ1) is 18.1. The van der Waals surface area contributed by atoms with E-state index in [9.17, 15) is 24.0 Å². The highest BCUT2D eigenvalue weighted by molar-refractivity contribution is 5.91. The van der Waals surface area contributed by atoms with Gasteiger partial charge in [0, 0.05) is 0 Å². The van der Waals surface area contributed by atoms with E-state index in [1.165, 1.54) is 0 Å². The zero-order chi connectivity index (χ0) is 16.8. The van der Waals surface area contributed by atoms with Gasteiger partial charge in [-0.15, -0.1) is 0 Å². The summed E-state index contributed by atoms with van der Waals surface area (Å²) in [7, 11) is 0. The number of carboxylic acid groups (broad SMARTS) is 4. The summed E-state index contributed by atoms with van der Waals surface area (Å²) in [6, 6.07) is 0. The molecule has 0 aliphatic carbocycles. The Morgan fingerprint density at radius 2 is 1.38 bits per heavy atom. The minimum Gasteiger partial charge on any atom is -0.481 e. The van der Waals surface area contributed by atoms with Crippen LogP contribution in [0.5, 0.6) is 0 Å². The second-order valence-corrected chi connectivity index (χ2v) is 3.89. The SMILES string of the molecule is CC(OC(=O)O)C(=O)OC(CC(=O)O)(CC(=O)O)C(=O)O. The van der Waals surface area contributed by atoms with Crippen molar-refractivity contribution in [3.63, 3.8) is 0 Å². The largest absolute Gasteiger partial charge is 0.506 e. The maximum absolute atomic E-state index is 11.5. The first-order valence-electron chi connectivity index (χ1n) is 5.29. The molecule has 0 fully saturated rings. The van der Waals surface area contributed by atoms with E-state index in [2.05, 4.69) is 9.47 Å². The second-order valence-electron chi connectivity index (χ2n) is 3.89. The predicted octanol–water partition coefficient (Wildman–Crippen LogP) is -0.614. The van der Waals surface area contributed by atoms with E-state index in [0.29, 0.717) is 0 Å². The summed E-state index contributed by atoms with van der Waals surface area (Å²) in [5.74, 6) is -6.97. The molecule has 118 valence electrons. The van der Waals surface area contributed by atoms with E-state index in [0.717, 1.165) is 6.92 Å². The van der Waals surface area contributed by atoms with Crippen molar-refractivity contribution in [1.82, 2.24) is 0 Å². The lowest BCUT2D eigenvalue weighted by Crippen LogP contribution is -2.48. The minimum atomic E-state index is -2.87. The standard InChI is InChI=1S/C10H12O11/c1-4(20-9(18)19)7(15)21-10(8(16)17,2-5(11)12)3-6(13)14/h4H,2-3H2,1H3,(H,11,12)(H,13,14)(H,16,17)(H,18,19). The van der Waals surface area contributed by atoms with Gasteiger partial charge >= 0.3 is 30.0 Å². The predicted molar refractivity (Wildman–Crippen MR) is 59.5 cm³/mol. The molecule has 0 aliphatic rings. The molecule has 21 heavy (non-hydrogen) atoms. The van der Waals surface area contributed by atoms with E-state index in [1.807, 2.05) is 0 Å². The van der Waals surface area contributed by atoms with E-state index >= 15 is 0 Å². The molecule has 0 heterocycles. The summed E-state index contributed by atoms with van der Waals surface area (Å²) in [5, 5.41) is 34.5.